The van der Waals surface area contributed by atoms with Gasteiger partial charge in [0.1, 0.15) is 5.52 Å². The van der Waals surface area contributed by atoms with E-state index in [2.05, 4.69) is 27.2 Å². The molecule has 30 heavy (non-hydrogen) atoms. The smallest absolute Gasteiger partial charge is 0.323 e. The summed E-state index contributed by atoms with van der Waals surface area (Å²) in [6.45, 7) is 8.39. The van der Waals surface area contributed by atoms with Crippen molar-refractivity contribution in [2.75, 3.05) is 52.3 Å². The van der Waals surface area contributed by atoms with Crippen molar-refractivity contribution in [2.24, 2.45) is 5.41 Å². The SMILES string of the molecule is C=C(CCOC)c1cnc(OC)c2nc(NC(=O)N3CC[C@@]4(CCCNC4)C3)sc12. The van der Waals surface area contributed by atoms with E-state index in [1.165, 1.54) is 24.2 Å². The van der Waals surface area contributed by atoms with Crippen molar-refractivity contribution in [3.63, 3.8) is 0 Å². The van der Waals surface area contributed by atoms with E-state index < -0.39 is 0 Å². The lowest BCUT2D eigenvalue weighted by Gasteiger charge is -2.33. The van der Waals surface area contributed by atoms with E-state index in [-0.39, 0.29) is 11.4 Å². The minimum atomic E-state index is -0.0943. The molecule has 2 N–H and O–H groups in total. The van der Waals surface area contributed by atoms with Gasteiger partial charge in [-0.2, -0.15) is 0 Å². The molecule has 2 amide bonds. The van der Waals surface area contributed by atoms with Gasteiger partial charge in [-0.1, -0.05) is 17.9 Å². The summed E-state index contributed by atoms with van der Waals surface area (Å²) in [6, 6.07) is -0.0943. The summed E-state index contributed by atoms with van der Waals surface area (Å²) in [5, 5.41) is 7.02. The van der Waals surface area contributed by atoms with E-state index in [1.807, 2.05) is 4.90 Å². The van der Waals surface area contributed by atoms with Gasteiger partial charge in [0.05, 0.1) is 18.4 Å². The topological polar surface area (TPSA) is 88.6 Å². The Morgan fingerprint density at radius 1 is 1.43 bits per heavy atom. The Hall–Kier alpha value is -2.23. The number of aromatic nitrogens is 2. The second-order valence-electron chi connectivity index (χ2n) is 8.11. The highest BCUT2D eigenvalue weighted by Gasteiger charge is 2.40. The molecular formula is C21H29N5O3S. The van der Waals surface area contributed by atoms with Gasteiger partial charge in [0, 0.05) is 43.9 Å². The number of pyridine rings is 1. The molecule has 0 radical (unpaired) electrons. The van der Waals surface area contributed by atoms with Gasteiger partial charge in [-0.25, -0.2) is 14.8 Å². The second kappa shape index (κ2) is 8.87. The molecule has 1 atom stereocenters. The third-order valence-electron chi connectivity index (χ3n) is 6.07. The number of piperidine rings is 1. The first-order valence-corrected chi connectivity index (χ1v) is 11.1. The highest BCUT2D eigenvalue weighted by Crippen LogP contribution is 2.38. The molecule has 0 aliphatic carbocycles. The Morgan fingerprint density at radius 3 is 3.03 bits per heavy atom. The quantitative estimate of drug-likeness (QED) is 0.729. The van der Waals surface area contributed by atoms with Gasteiger partial charge in [0.2, 0.25) is 5.88 Å². The van der Waals surface area contributed by atoms with Crippen LogP contribution in [0.25, 0.3) is 15.8 Å². The lowest BCUT2D eigenvalue weighted by molar-refractivity contribution is 0.195. The number of nitrogens with zero attached hydrogens (tertiary/aromatic N) is 3. The molecule has 2 saturated heterocycles. The Labute approximate surface area is 180 Å². The largest absolute Gasteiger partial charge is 0.479 e. The van der Waals surface area contributed by atoms with Crippen LogP contribution in [0.3, 0.4) is 0 Å². The first-order valence-electron chi connectivity index (χ1n) is 10.3. The van der Waals surface area contributed by atoms with Crippen LogP contribution in [0.2, 0.25) is 0 Å². The molecule has 0 bridgehead atoms. The molecule has 2 aliphatic heterocycles. The monoisotopic (exact) mass is 431 g/mol. The maximum absolute atomic E-state index is 12.9. The summed E-state index contributed by atoms with van der Waals surface area (Å²) in [6.07, 6.45) is 5.86. The Balaban J connectivity index is 1.53. The van der Waals surface area contributed by atoms with E-state index in [0.29, 0.717) is 29.6 Å². The van der Waals surface area contributed by atoms with Crippen LogP contribution in [-0.4, -0.2) is 67.9 Å². The summed E-state index contributed by atoms with van der Waals surface area (Å²) >= 11 is 1.43. The molecule has 1 spiro atoms. The van der Waals surface area contributed by atoms with E-state index in [0.717, 1.165) is 48.4 Å². The molecule has 2 aliphatic rings. The molecule has 2 fully saturated rings. The number of ether oxygens (including phenoxy) is 2. The van der Waals surface area contributed by atoms with Gasteiger partial charge in [0.15, 0.2) is 5.13 Å². The number of rotatable bonds is 6. The van der Waals surface area contributed by atoms with Crippen LogP contribution in [0.4, 0.5) is 9.93 Å². The van der Waals surface area contributed by atoms with Crippen LogP contribution in [0, 0.1) is 5.41 Å². The molecule has 8 nitrogen and oxygen atoms in total. The van der Waals surface area contributed by atoms with Crippen LogP contribution < -0.4 is 15.4 Å². The maximum atomic E-state index is 12.9. The first-order chi connectivity index (χ1) is 14.5. The minimum absolute atomic E-state index is 0.0943. The number of anilines is 1. The van der Waals surface area contributed by atoms with Gasteiger partial charge < -0.3 is 19.7 Å². The molecule has 4 heterocycles. The number of thiazole rings is 1. The van der Waals surface area contributed by atoms with Crippen LogP contribution in [0.15, 0.2) is 12.8 Å². The van der Waals surface area contributed by atoms with Gasteiger partial charge in [0.25, 0.3) is 0 Å². The third-order valence-corrected chi connectivity index (χ3v) is 7.07. The van der Waals surface area contributed by atoms with Crippen molar-refractivity contribution >= 4 is 38.3 Å². The molecule has 0 unspecified atom stereocenters. The zero-order chi connectivity index (χ0) is 21.1. The molecule has 4 rings (SSSR count). The van der Waals surface area contributed by atoms with Crippen molar-refractivity contribution in [2.45, 2.75) is 25.7 Å². The summed E-state index contributed by atoms with van der Waals surface area (Å²) in [4.78, 5) is 23.8. The van der Waals surface area contributed by atoms with Crippen LogP contribution >= 0.6 is 11.3 Å². The van der Waals surface area contributed by atoms with Gasteiger partial charge in [-0.05, 0) is 37.8 Å². The number of carbonyl (C=O) groups is 1. The number of carbonyl (C=O) groups excluding carboxylic acids is 1. The zero-order valence-corrected chi connectivity index (χ0v) is 18.4. The molecule has 9 heteroatoms. The number of hydrogen-bond donors (Lipinski definition) is 2. The highest BCUT2D eigenvalue weighted by atomic mass is 32.1. The Kier molecular flexibility index (Phi) is 6.21. The number of methoxy groups -OCH3 is 2. The normalized spacial score (nSPS) is 21.3. The lowest BCUT2D eigenvalue weighted by Crippen LogP contribution is -2.43. The summed E-state index contributed by atoms with van der Waals surface area (Å²) < 4.78 is 11.5. The average molecular weight is 432 g/mol. The number of urea groups is 1. The van der Waals surface area contributed by atoms with E-state index in [9.17, 15) is 4.79 Å². The predicted molar refractivity (Wildman–Crippen MR) is 119 cm³/mol. The molecule has 2 aromatic rings. The molecule has 162 valence electrons. The third kappa shape index (κ3) is 4.14. The van der Waals surface area contributed by atoms with Crippen LogP contribution in [-0.2, 0) is 4.74 Å². The summed E-state index contributed by atoms with van der Waals surface area (Å²) in [5.41, 5.74) is 2.70. The van der Waals surface area contributed by atoms with E-state index in [4.69, 9.17) is 9.47 Å². The van der Waals surface area contributed by atoms with E-state index >= 15 is 0 Å². The number of nitrogens with one attached hydrogen (secondary N) is 2. The van der Waals surface area contributed by atoms with Crippen molar-refractivity contribution in [1.82, 2.24) is 20.2 Å². The second-order valence-corrected chi connectivity index (χ2v) is 9.11. The number of likely N-dealkylation sites (tertiary alicyclic amines) is 1. The van der Waals surface area contributed by atoms with Gasteiger partial charge >= 0.3 is 6.03 Å². The van der Waals surface area contributed by atoms with Crippen molar-refractivity contribution < 1.29 is 14.3 Å². The predicted octanol–water partition coefficient (Wildman–Crippen LogP) is 3.36. The Morgan fingerprint density at radius 2 is 2.30 bits per heavy atom. The van der Waals surface area contributed by atoms with E-state index in [1.54, 1.807) is 20.4 Å². The number of hydrogen-bond acceptors (Lipinski definition) is 7. The van der Waals surface area contributed by atoms with Crippen molar-refractivity contribution in [3.8, 4) is 5.88 Å². The fourth-order valence-electron chi connectivity index (χ4n) is 4.36. The standard InChI is InChI=1S/C21H29N5O3S/c1-14(5-10-28-2)15-11-23-18(29-3)16-17(15)30-19(24-16)25-20(27)26-9-7-21(13-26)6-4-8-22-12-21/h11,22H,1,4-10,12-13H2,2-3H3,(H,24,25,27)/t21-/m1/s1. The average Bonchev–Trinajstić information content (AvgIpc) is 3.36. The number of fused-ring (bicyclic) bond motifs is 1. The maximum Gasteiger partial charge on any atom is 0.323 e. The van der Waals surface area contributed by atoms with Gasteiger partial charge in [-0.3, -0.25) is 5.32 Å². The molecule has 2 aromatic heterocycles. The fraction of sp³-hybridized carbons (Fsp3) is 0.571. The van der Waals surface area contributed by atoms with Crippen LogP contribution in [0.1, 0.15) is 31.2 Å². The first kappa shape index (κ1) is 21.0. The van der Waals surface area contributed by atoms with Crippen LogP contribution in [0.5, 0.6) is 5.88 Å². The zero-order valence-electron chi connectivity index (χ0n) is 17.6. The highest BCUT2D eigenvalue weighted by molar-refractivity contribution is 7.22. The molecular weight excluding hydrogens is 402 g/mol. The number of amides is 2. The summed E-state index contributed by atoms with van der Waals surface area (Å²) in [5.74, 6) is 0.443. The minimum Gasteiger partial charge on any atom is -0.479 e. The molecule has 0 aromatic carbocycles. The summed E-state index contributed by atoms with van der Waals surface area (Å²) in [7, 11) is 3.24. The lowest BCUT2D eigenvalue weighted by atomic mass is 9.80. The Bertz CT molecular complexity index is 938. The van der Waals surface area contributed by atoms with Crippen molar-refractivity contribution in [3.05, 3.63) is 18.3 Å². The van der Waals surface area contributed by atoms with Crippen molar-refractivity contribution in [1.29, 1.82) is 0 Å². The fourth-order valence-corrected chi connectivity index (χ4v) is 5.37. The molecule has 0 saturated carbocycles. The van der Waals surface area contributed by atoms with Gasteiger partial charge in [-0.15, -0.1) is 0 Å².